The van der Waals surface area contributed by atoms with Crippen molar-refractivity contribution in [1.29, 1.82) is 0 Å². The first-order valence-electron chi connectivity index (χ1n) is 16.3. The molecule has 5 aromatic carbocycles. The molecule has 8 aromatic rings. The number of rotatable bonds is 5. The Hall–Kier alpha value is -4.99. The Balaban J connectivity index is 0.00000378. The minimum atomic E-state index is -0.00620. The molecule has 8 rings (SSSR count). The number of fused-ring (bicyclic) bond motifs is 4. The summed E-state index contributed by atoms with van der Waals surface area (Å²) in [6.45, 7) is 13.1. The minimum Gasteiger partial charge on any atom is -0.509 e. The SMILES string of the molecule is Cc1cc(C)c(-c2nn(-c3[c-]c(Oc4[c-]c5c(cc4)c4ccccc4n5-c4cc(C(C)(C)C)ccn4)ccc3)c3ccccc23)c(C)c1.[Pt+2]. The average Bonchev–Trinajstić information content (AvgIpc) is 3.60. The monoisotopic (exact) mass is 819 g/mol. The molecule has 49 heavy (non-hydrogen) atoms. The second-order valence-corrected chi connectivity index (χ2v) is 13.6. The number of pyridine rings is 1. The zero-order chi connectivity index (χ0) is 33.2. The Labute approximate surface area is 301 Å². The fourth-order valence-corrected chi connectivity index (χ4v) is 6.90. The molecule has 0 fully saturated rings. The second-order valence-electron chi connectivity index (χ2n) is 13.6. The first kappa shape index (κ1) is 32.6. The van der Waals surface area contributed by atoms with E-state index in [1.807, 2.05) is 35.1 Å². The Kier molecular flexibility index (Phi) is 8.29. The molecule has 0 saturated heterocycles. The van der Waals surface area contributed by atoms with Gasteiger partial charge in [0.25, 0.3) is 0 Å². The third-order valence-corrected chi connectivity index (χ3v) is 9.10. The van der Waals surface area contributed by atoms with E-state index in [-0.39, 0.29) is 26.5 Å². The molecule has 244 valence electrons. The third-order valence-electron chi connectivity index (χ3n) is 9.10. The minimum absolute atomic E-state index is 0. The van der Waals surface area contributed by atoms with Gasteiger partial charge in [0.1, 0.15) is 11.5 Å². The van der Waals surface area contributed by atoms with Crippen molar-refractivity contribution in [3.8, 4) is 34.3 Å². The topological polar surface area (TPSA) is 44.9 Å². The van der Waals surface area contributed by atoms with Crippen LogP contribution in [-0.2, 0) is 26.5 Å². The summed E-state index contributed by atoms with van der Waals surface area (Å²) in [4.78, 5) is 4.80. The van der Waals surface area contributed by atoms with Crippen LogP contribution in [0.5, 0.6) is 11.5 Å². The van der Waals surface area contributed by atoms with Gasteiger partial charge in [0.15, 0.2) is 0 Å². The average molecular weight is 820 g/mol. The van der Waals surface area contributed by atoms with Gasteiger partial charge in [-0.15, -0.1) is 35.7 Å². The van der Waals surface area contributed by atoms with Gasteiger partial charge in [0.2, 0.25) is 0 Å². The van der Waals surface area contributed by atoms with Crippen molar-refractivity contribution < 1.29 is 25.8 Å². The summed E-state index contributed by atoms with van der Waals surface area (Å²) in [5, 5.41) is 8.51. The van der Waals surface area contributed by atoms with E-state index in [0.29, 0.717) is 11.5 Å². The molecule has 0 spiro atoms. The van der Waals surface area contributed by atoms with Crippen molar-refractivity contribution in [3.63, 3.8) is 0 Å². The van der Waals surface area contributed by atoms with Gasteiger partial charge in [0.05, 0.1) is 5.52 Å². The standard InChI is InChI=1S/C43H36N4O.Pt/c1-27-22-28(2)41(29(3)23-27)42-36-15-8-10-17-38(36)47(45-42)31-12-11-13-32(25-31)48-33-18-19-35-34-14-7-9-16-37(34)46(39(35)26-33)40-24-30(20-21-44-40)43(4,5)6;/h7-24H,1-6H3;/q-2;+2. The number of aryl methyl sites for hydroxylation is 3. The summed E-state index contributed by atoms with van der Waals surface area (Å²) >= 11 is 0. The molecule has 0 amide bonds. The van der Waals surface area contributed by atoms with Gasteiger partial charge in [-0.25, -0.2) is 4.98 Å². The van der Waals surface area contributed by atoms with E-state index in [1.165, 1.54) is 27.8 Å². The number of nitrogens with zero attached hydrogens (tertiary/aromatic N) is 4. The zero-order valence-electron chi connectivity index (χ0n) is 28.4. The van der Waals surface area contributed by atoms with Gasteiger partial charge < -0.3 is 9.30 Å². The second kappa shape index (κ2) is 12.5. The quantitative estimate of drug-likeness (QED) is 0.163. The van der Waals surface area contributed by atoms with Crippen LogP contribution in [0.25, 0.3) is 55.5 Å². The number of para-hydroxylation sites is 2. The number of benzene rings is 5. The summed E-state index contributed by atoms with van der Waals surface area (Å²) in [6.07, 6.45) is 1.89. The molecule has 0 N–H and O–H groups in total. The normalized spacial score (nSPS) is 11.7. The Morgan fingerprint density at radius 3 is 2.12 bits per heavy atom. The number of hydrogen-bond acceptors (Lipinski definition) is 3. The zero-order valence-corrected chi connectivity index (χ0v) is 30.7. The fourth-order valence-electron chi connectivity index (χ4n) is 6.90. The van der Waals surface area contributed by atoms with Gasteiger partial charge in [-0.1, -0.05) is 80.4 Å². The summed E-state index contributed by atoms with van der Waals surface area (Å²) in [5.41, 5.74) is 10.8. The van der Waals surface area contributed by atoms with E-state index < -0.39 is 0 Å². The maximum Gasteiger partial charge on any atom is 2.00 e. The van der Waals surface area contributed by atoms with Crippen LogP contribution in [0.2, 0.25) is 0 Å². The fraction of sp³-hybridized carbons (Fsp3) is 0.163. The third kappa shape index (κ3) is 5.76. The van der Waals surface area contributed by atoms with Crippen LogP contribution in [-0.4, -0.2) is 19.3 Å². The van der Waals surface area contributed by atoms with Crippen molar-refractivity contribution in [3.05, 3.63) is 144 Å². The molecule has 0 aliphatic heterocycles. The van der Waals surface area contributed by atoms with Crippen molar-refractivity contribution >= 4 is 32.7 Å². The molecular weight excluding hydrogens is 784 g/mol. The van der Waals surface area contributed by atoms with Crippen LogP contribution < -0.4 is 4.74 Å². The van der Waals surface area contributed by atoms with Gasteiger partial charge in [-0.05, 0) is 78.2 Å². The molecule has 0 aliphatic rings. The largest absolute Gasteiger partial charge is 2.00 e. The molecule has 6 heteroatoms. The number of ether oxygens (including phenoxy) is 1. The molecule has 0 bridgehead atoms. The van der Waals surface area contributed by atoms with Gasteiger partial charge in [-0.2, -0.15) is 17.2 Å². The van der Waals surface area contributed by atoms with E-state index in [0.717, 1.165) is 49.9 Å². The van der Waals surface area contributed by atoms with Crippen LogP contribution in [0.1, 0.15) is 43.0 Å². The molecule has 3 aromatic heterocycles. The Morgan fingerprint density at radius 2 is 1.37 bits per heavy atom. The van der Waals surface area contributed by atoms with E-state index in [1.54, 1.807) is 0 Å². The molecule has 3 heterocycles. The molecule has 0 atom stereocenters. The van der Waals surface area contributed by atoms with Crippen LogP contribution in [0.4, 0.5) is 0 Å². The van der Waals surface area contributed by atoms with Crippen LogP contribution in [0.3, 0.4) is 0 Å². The molecular formula is C43H36N4OPt. The van der Waals surface area contributed by atoms with E-state index in [4.69, 9.17) is 14.8 Å². The van der Waals surface area contributed by atoms with Gasteiger partial charge >= 0.3 is 21.1 Å². The molecule has 5 nitrogen and oxygen atoms in total. The smallest absolute Gasteiger partial charge is 0.509 e. The summed E-state index contributed by atoms with van der Waals surface area (Å²) in [5.74, 6) is 2.04. The van der Waals surface area contributed by atoms with Gasteiger partial charge in [-0.3, -0.25) is 4.68 Å². The molecule has 0 aliphatic carbocycles. The first-order chi connectivity index (χ1) is 23.2. The summed E-state index contributed by atoms with van der Waals surface area (Å²) in [6, 6.07) is 42.6. The molecule has 0 saturated carbocycles. The van der Waals surface area contributed by atoms with Crippen molar-refractivity contribution in [2.75, 3.05) is 0 Å². The predicted octanol–water partition coefficient (Wildman–Crippen LogP) is 10.8. The van der Waals surface area contributed by atoms with E-state index >= 15 is 0 Å². The molecule has 0 radical (unpaired) electrons. The number of hydrogen-bond donors (Lipinski definition) is 0. The van der Waals surface area contributed by atoms with E-state index in [9.17, 15) is 0 Å². The number of aromatic nitrogens is 4. The van der Waals surface area contributed by atoms with E-state index in [2.05, 4.69) is 137 Å². The predicted molar refractivity (Wildman–Crippen MR) is 196 cm³/mol. The van der Waals surface area contributed by atoms with Crippen LogP contribution in [0.15, 0.2) is 109 Å². The van der Waals surface area contributed by atoms with Crippen molar-refractivity contribution in [2.24, 2.45) is 0 Å². The molecule has 0 unspecified atom stereocenters. The van der Waals surface area contributed by atoms with Crippen molar-refractivity contribution in [1.82, 2.24) is 19.3 Å². The van der Waals surface area contributed by atoms with Gasteiger partial charge in [0, 0.05) is 34.2 Å². The summed E-state index contributed by atoms with van der Waals surface area (Å²) in [7, 11) is 0. The first-order valence-corrected chi connectivity index (χ1v) is 16.3. The van der Waals surface area contributed by atoms with Crippen molar-refractivity contribution in [2.45, 2.75) is 47.0 Å². The van der Waals surface area contributed by atoms with Crippen LogP contribution in [0, 0.1) is 32.9 Å². The Morgan fingerprint density at radius 1 is 0.673 bits per heavy atom. The maximum atomic E-state index is 6.48. The maximum absolute atomic E-state index is 6.48. The summed E-state index contributed by atoms with van der Waals surface area (Å²) < 4.78 is 10.6. The Bertz CT molecular complexity index is 2490. The van der Waals surface area contributed by atoms with Crippen LogP contribution >= 0.6 is 0 Å².